The molecule has 0 aliphatic carbocycles. The van der Waals surface area contributed by atoms with Crippen LogP contribution in [0.2, 0.25) is 0 Å². The Kier molecular flexibility index (Phi) is 2.91. The van der Waals surface area contributed by atoms with Gasteiger partial charge in [-0.2, -0.15) is 0 Å². The van der Waals surface area contributed by atoms with Gasteiger partial charge in [0.2, 0.25) is 5.91 Å². The van der Waals surface area contributed by atoms with E-state index >= 15 is 0 Å². The molecule has 0 bridgehead atoms. The highest BCUT2D eigenvalue weighted by molar-refractivity contribution is 8.00. The van der Waals surface area contributed by atoms with E-state index in [9.17, 15) is 9.59 Å². The largest absolute Gasteiger partial charge is 0.378 e. The molecule has 2 rings (SSSR count). The number of hydrogen-bond acceptors (Lipinski definition) is 4. The lowest BCUT2D eigenvalue weighted by Crippen LogP contribution is -2.18. The summed E-state index contributed by atoms with van der Waals surface area (Å²) in [6.45, 7) is 0.278. The summed E-state index contributed by atoms with van der Waals surface area (Å²) < 4.78 is 0. The Morgan fingerprint density at radius 2 is 2.40 bits per heavy atom. The van der Waals surface area contributed by atoms with E-state index < -0.39 is 0 Å². The lowest BCUT2D eigenvalue weighted by Gasteiger charge is -2.17. The molecule has 1 amide bonds. The summed E-state index contributed by atoms with van der Waals surface area (Å²) in [6, 6.07) is 5.67. The van der Waals surface area contributed by atoms with Crippen molar-refractivity contribution in [3.05, 3.63) is 18.2 Å². The minimum Gasteiger partial charge on any atom is -0.378 e. The van der Waals surface area contributed by atoms with Crippen LogP contribution < -0.4 is 10.6 Å². The molecular formula is C10H10N2O2S. The third-order valence-corrected chi connectivity index (χ3v) is 3.08. The predicted octanol–water partition coefficient (Wildman–Crippen LogP) is 1.34. The van der Waals surface area contributed by atoms with Crippen LogP contribution in [0, 0.1) is 0 Å². The Labute approximate surface area is 91.4 Å². The van der Waals surface area contributed by atoms with Crippen molar-refractivity contribution in [2.24, 2.45) is 0 Å². The Balaban J connectivity index is 2.20. The molecule has 1 heterocycles. The zero-order valence-corrected chi connectivity index (χ0v) is 8.76. The summed E-state index contributed by atoms with van der Waals surface area (Å²) in [4.78, 5) is 22.4. The number of nitrogens with one attached hydrogen (secondary N) is 2. The number of anilines is 2. The Bertz CT molecular complexity index is 406. The standard InChI is InChI=1S/C10H10N2O2S/c13-4-3-11-7-1-2-9-8(5-7)12-10(14)6-15-9/h1-2,4-5,11H,3,6H2,(H,12,14). The summed E-state index contributed by atoms with van der Waals surface area (Å²) in [7, 11) is 0. The quantitative estimate of drug-likeness (QED) is 0.758. The maximum absolute atomic E-state index is 11.1. The van der Waals surface area contributed by atoms with E-state index in [0.717, 1.165) is 22.6 Å². The summed E-state index contributed by atoms with van der Waals surface area (Å²) in [5.41, 5.74) is 1.65. The fourth-order valence-corrected chi connectivity index (χ4v) is 2.14. The van der Waals surface area contributed by atoms with Crippen LogP contribution in [0.1, 0.15) is 0 Å². The molecule has 0 spiro atoms. The van der Waals surface area contributed by atoms with E-state index in [-0.39, 0.29) is 12.5 Å². The van der Waals surface area contributed by atoms with Crippen LogP contribution in [0.15, 0.2) is 23.1 Å². The average Bonchev–Trinajstić information content (AvgIpc) is 2.25. The monoisotopic (exact) mass is 222 g/mol. The van der Waals surface area contributed by atoms with Crippen LogP contribution in [0.3, 0.4) is 0 Å². The molecule has 0 saturated carbocycles. The van der Waals surface area contributed by atoms with Crippen molar-refractivity contribution in [3.8, 4) is 0 Å². The van der Waals surface area contributed by atoms with Gasteiger partial charge in [0, 0.05) is 10.6 Å². The van der Waals surface area contributed by atoms with Crippen LogP contribution >= 0.6 is 11.8 Å². The second-order valence-corrected chi connectivity index (χ2v) is 4.11. The van der Waals surface area contributed by atoms with Crippen molar-refractivity contribution in [2.75, 3.05) is 22.9 Å². The molecule has 5 heteroatoms. The first-order valence-electron chi connectivity index (χ1n) is 4.54. The number of hydrogen-bond donors (Lipinski definition) is 2. The number of carbonyl (C=O) groups is 2. The van der Waals surface area contributed by atoms with Crippen LogP contribution in [0.5, 0.6) is 0 Å². The number of thioether (sulfide) groups is 1. The highest BCUT2D eigenvalue weighted by Gasteiger charge is 2.14. The molecule has 1 aromatic rings. The van der Waals surface area contributed by atoms with Gasteiger partial charge >= 0.3 is 0 Å². The molecule has 78 valence electrons. The first kappa shape index (κ1) is 10.0. The summed E-state index contributed by atoms with van der Waals surface area (Å²) >= 11 is 1.52. The fourth-order valence-electron chi connectivity index (χ4n) is 1.35. The van der Waals surface area contributed by atoms with Crippen LogP contribution in [-0.2, 0) is 9.59 Å². The maximum atomic E-state index is 11.1. The van der Waals surface area contributed by atoms with Crippen LogP contribution in [-0.4, -0.2) is 24.5 Å². The van der Waals surface area contributed by atoms with Gasteiger partial charge in [0.05, 0.1) is 18.0 Å². The van der Waals surface area contributed by atoms with Crippen molar-refractivity contribution in [2.45, 2.75) is 4.90 Å². The molecule has 1 aromatic carbocycles. The van der Waals surface area contributed by atoms with Gasteiger partial charge in [-0.05, 0) is 18.2 Å². The second-order valence-electron chi connectivity index (χ2n) is 3.10. The fraction of sp³-hybridized carbons (Fsp3) is 0.200. The second kappa shape index (κ2) is 4.35. The minimum atomic E-state index is 0.0139. The smallest absolute Gasteiger partial charge is 0.234 e. The molecule has 0 atom stereocenters. The summed E-state index contributed by atoms with van der Waals surface area (Å²) in [5.74, 6) is 0.480. The van der Waals surface area contributed by atoms with Gasteiger partial charge in [0.25, 0.3) is 0 Å². The topological polar surface area (TPSA) is 58.2 Å². The van der Waals surface area contributed by atoms with Crippen molar-refractivity contribution in [1.29, 1.82) is 0 Å². The first-order valence-corrected chi connectivity index (χ1v) is 5.52. The minimum absolute atomic E-state index is 0.0139. The highest BCUT2D eigenvalue weighted by atomic mass is 32.2. The van der Waals surface area contributed by atoms with Gasteiger partial charge in [0.1, 0.15) is 6.29 Å². The van der Waals surface area contributed by atoms with Crippen LogP contribution in [0.4, 0.5) is 11.4 Å². The molecule has 0 radical (unpaired) electrons. The SMILES string of the molecule is O=CCNc1ccc2c(c1)NC(=O)CS2. The molecule has 1 aliphatic heterocycles. The molecule has 15 heavy (non-hydrogen) atoms. The number of carbonyl (C=O) groups excluding carboxylic acids is 2. The van der Waals surface area contributed by atoms with Gasteiger partial charge in [0.15, 0.2) is 0 Å². The normalized spacial score (nSPS) is 14.0. The number of rotatable bonds is 3. The first-order chi connectivity index (χ1) is 7.29. The Morgan fingerprint density at radius 1 is 1.53 bits per heavy atom. The van der Waals surface area contributed by atoms with Crippen molar-refractivity contribution < 1.29 is 9.59 Å². The summed E-state index contributed by atoms with van der Waals surface area (Å²) in [5, 5.41) is 5.72. The lowest BCUT2D eigenvalue weighted by atomic mass is 10.2. The molecule has 4 nitrogen and oxygen atoms in total. The molecule has 0 aromatic heterocycles. The maximum Gasteiger partial charge on any atom is 0.234 e. The van der Waals surface area contributed by atoms with Crippen molar-refractivity contribution >= 4 is 35.3 Å². The third-order valence-electron chi connectivity index (χ3n) is 2.00. The average molecular weight is 222 g/mol. The number of aldehydes is 1. The zero-order valence-electron chi connectivity index (χ0n) is 7.95. The molecule has 1 aliphatic rings. The highest BCUT2D eigenvalue weighted by Crippen LogP contribution is 2.33. The van der Waals surface area contributed by atoms with Crippen molar-refractivity contribution in [3.63, 3.8) is 0 Å². The molecule has 0 saturated heterocycles. The zero-order chi connectivity index (χ0) is 10.7. The molecular weight excluding hydrogens is 212 g/mol. The third kappa shape index (κ3) is 2.30. The number of benzene rings is 1. The van der Waals surface area contributed by atoms with E-state index in [4.69, 9.17) is 0 Å². The van der Waals surface area contributed by atoms with Gasteiger partial charge in [-0.3, -0.25) is 4.79 Å². The predicted molar refractivity (Wildman–Crippen MR) is 60.3 cm³/mol. The van der Waals surface area contributed by atoms with Gasteiger partial charge in [-0.25, -0.2) is 0 Å². The van der Waals surface area contributed by atoms with Crippen molar-refractivity contribution in [1.82, 2.24) is 0 Å². The van der Waals surface area contributed by atoms with Crippen LogP contribution in [0.25, 0.3) is 0 Å². The summed E-state index contributed by atoms with van der Waals surface area (Å²) in [6.07, 6.45) is 0.798. The Hall–Kier alpha value is -1.49. The Morgan fingerprint density at radius 3 is 3.20 bits per heavy atom. The van der Waals surface area contributed by atoms with Gasteiger partial charge in [-0.1, -0.05) is 0 Å². The van der Waals surface area contributed by atoms with E-state index in [1.807, 2.05) is 18.2 Å². The number of amides is 1. The van der Waals surface area contributed by atoms with E-state index in [1.54, 1.807) is 0 Å². The van der Waals surface area contributed by atoms with E-state index in [1.165, 1.54) is 11.8 Å². The molecule has 0 fully saturated rings. The lowest BCUT2D eigenvalue weighted by molar-refractivity contribution is -0.114. The van der Waals surface area contributed by atoms with Gasteiger partial charge in [-0.15, -0.1) is 11.8 Å². The van der Waals surface area contributed by atoms with E-state index in [2.05, 4.69) is 10.6 Å². The number of fused-ring (bicyclic) bond motifs is 1. The molecule has 2 N–H and O–H groups in total. The molecule has 0 unspecified atom stereocenters. The van der Waals surface area contributed by atoms with E-state index in [0.29, 0.717) is 5.75 Å². The van der Waals surface area contributed by atoms with Gasteiger partial charge < -0.3 is 15.4 Å².